The van der Waals surface area contributed by atoms with Crippen molar-refractivity contribution in [2.45, 2.75) is 27.7 Å². The van der Waals surface area contributed by atoms with Crippen molar-refractivity contribution in [3.8, 4) is 0 Å². The van der Waals surface area contributed by atoms with Crippen LogP contribution in [0, 0.1) is 5.41 Å². The van der Waals surface area contributed by atoms with Crippen LogP contribution in [0.5, 0.6) is 0 Å². The van der Waals surface area contributed by atoms with E-state index in [0.717, 1.165) is 11.0 Å². The first-order valence-corrected chi connectivity index (χ1v) is 6.50. The van der Waals surface area contributed by atoms with Crippen LogP contribution in [0.15, 0.2) is 36.1 Å². The third kappa shape index (κ3) is 8.38. The second-order valence-corrected chi connectivity index (χ2v) is 6.75. The first kappa shape index (κ1) is 17.6. The Morgan fingerprint density at radius 1 is 1.21 bits per heavy atom. The molecule has 0 aromatic heterocycles. The summed E-state index contributed by atoms with van der Waals surface area (Å²) in [5.74, 6) is 0.108. The molecule has 0 spiro atoms. The topological polar surface area (TPSA) is 26.3 Å². The summed E-state index contributed by atoms with van der Waals surface area (Å²) >= 11 is 0. The summed E-state index contributed by atoms with van der Waals surface area (Å²) in [5, 5.41) is 0. The largest absolute Gasteiger partial charge is 0.427 e. The molecule has 3 nitrogen and oxygen atoms in total. The molecular formula is C16H28NO2+. The highest BCUT2D eigenvalue weighted by molar-refractivity contribution is 5.76. The normalized spacial score (nSPS) is 13.7. The number of allylic oxidation sites excluding steroid dienone is 2. The number of hydrogen-bond acceptors (Lipinski definition) is 2. The second-order valence-electron chi connectivity index (χ2n) is 6.75. The maximum atomic E-state index is 11.7. The van der Waals surface area contributed by atoms with Crippen molar-refractivity contribution in [1.82, 2.24) is 0 Å². The fraction of sp³-hybridized carbons (Fsp3) is 0.562. The smallest absolute Gasteiger partial charge is 0.316 e. The van der Waals surface area contributed by atoms with Crippen molar-refractivity contribution in [3.05, 3.63) is 36.1 Å². The lowest BCUT2D eigenvalue weighted by molar-refractivity contribution is -0.865. The predicted octanol–water partition coefficient (Wildman–Crippen LogP) is 3.30. The molecule has 19 heavy (non-hydrogen) atoms. The highest BCUT2D eigenvalue weighted by Crippen LogP contribution is 2.17. The van der Waals surface area contributed by atoms with E-state index in [2.05, 4.69) is 33.8 Å². The van der Waals surface area contributed by atoms with E-state index in [1.165, 1.54) is 5.57 Å². The molecule has 0 radical (unpaired) electrons. The number of carbonyl (C=O) groups is 1. The molecule has 0 N–H and O–H groups in total. The summed E-state index contributed by atoms with van der Waals surface area (Å²) in [7, 11) is 6.39. The minimum absolute atomic E-state index is 0.268. The third-order valence-electron chi connectivity index (χ3n) is 2.35. The molecule has 0 bridgehead atoms. The van der Waals surface area contributed by atoms with Crippen molar-refractivity contribution in [2.24, 2.45) is 5.41 Å². The molecular weight excluding hydrogens is 238 g/mol. The molecule has 0 aliphatic heterocycles. The number of rotatable bonds is 5. The van der Waals surface area contributed by atoms with Gasteiger partial charge in [-0.15, -0.1) is 0 Å². The van der Waals surface area contributed by atoms with Gasteiger partial charge in [-0.25, -0.2) is 0 Å². The number of carbonyl (C=O) groups excluding carboxylic acids is 1. The fourth-order valence-corrected chi connectivity index (χ4v) is 1.29. The third-order valence-corrected chi connectivity index (χ3v) is 2.35. The van der Waals surface area contributed by atoms with Crippen LogP contribution in [0.1, 0.15) is 27.7 Å². The zero-order chi connectivity index (χ0) is 15.3. The van der Waals surface area contributed by atoms with Gasteiger partial charge in [0.05, 0.1) is 26.6 Å². The number of ether oxygens (including phenoxy) is 1. The summed E-state index contributed by atoms with van der Waals surface area (Å²) in [6, 6.07) is 0. The van der Waals surface area contributed by atoms with Crippen LogP contribution in [0.4, 0.5) is 0 Å². The van der Waals surface area contributed by atoms with Crippen LogP contribution in [-0.2, 0) is 9.53 Å². The van der Waals surface area contributed by atoms with Crippen LogP contribution in [0.3, 0.4) is 0 Å². The zero-order valence-corrected chi connectivity index (χ0v) is 13.4. The predicted molar refractivity (Wildman–Crippen MR) is 80.5 cm³/mol. The van der Waals surface area contributed by atoms with Crippen molar-refractivity contribution in [2.75, 3.05) is 27.7 Å². The molecule has 0 saturated carbocycles. The van der Waals surface area contributed by atoms with E-state index in [0.29, 0.717) is 5.76 Å². The SMILES string of the molecule is C=C(/C=C\C(=C/C)C[N+](C)(C)C)OC(=O)C(C)(C)C. The Morgan fingerprint density at radius 2 is 1.74 bits per heavy atom. The van der Waals surface area contributed by atoms with Gasteiger partial charge >= 0.3 is 5.97 Å². The molecule has 0 unspecified atom stereocenters. The molecule has 0 saturated heterocycles. The van der Waals surface area contributed by atoms with Crippen molar-refractivity contribution in [3.63, 3.8) is 0 Å². The van der Waals surface area contributed by atoms with E-state index in [-0.39, 0.29) is 5.97 Å². The van der Waals surface area contributed by atoms with Gasteiger partial charge in [0.1, 0.15) is 12.3 Å². The van der Waals surface area contributed by atoms with Gasteiger partial charge in [0.15, 0.2) is 0 Å². The van der Waals surface area contributed by atoms with Gasteiger partial charge in [0, 0.05) is 5.57 Å². The molecule has 0 heterocycles. The first-order chi connectivity index (χ1) is 8.45. The van der Waals surface area contributed by atoms with Crippen LogP contribution < -0.4 is 0 Å². The number of hydrogen-bond donors (Lipinski definition) is 0. The van der Waals surface area contributed by atoms with E-state index in [9.17, 15) is 4.79 Å². The molecule has 0 atom stereocenters. The summed E-state index contributed by atoms with van der Waals surface area (Å²) < 4.78 is 6.03. The lowest BCUT2D eigenvalue weighted by atomic mass is 9.97. The Balaban J connectivity index is 4.56. The molecule has 0 rings (SSSR count). The van der Waals surface area contributed by atoms with Gasteiger partial charge < -0.3 is 9.22 Å². The Bertz CT molecular complexity index is 390. The van der Waals surface area contributed by atoms with Crippen molar-refractivity contribution >= 4 is 5.97 Å². The van der Waals surface area contributed by atoms with Crippen LogP contribution in [0.2, 0.25) is 0 Å². The minimum Gasteiger partial charge on any atom is -0.427 e. The Hall–Kier alpha value is -1.35. The molecule has 108 valence electrons. The summed E-state index contributed by atoms with van der Waals surface area (Å²) in [6.45, 7) is 12.1. The molecule has 0 aliphatic rings. The number of nitrogens with zero attached hydrogens (tertiary/aromatic N) is 1. The average molecular weight is 266 g/mol. The second kappa shape index (κ2) is 6.71. The van der Waals surface area contributed by atoms with Gasteiger partial charge in [-0.05, 0) is 33.8 Å². The standard InChI is InChI=1S/C16H28NO2/c1-9-14(12-17(6,7)8)11-10-13(2)19-15(18)16(3,4)5/h9-11H,2,12H2,1,3-8H3/q+1/b11-10-,14-9+. The van der Waals surface area contributed by atoms with Gasteiger partial charge in [0.2, 0.25) is 0 Å². The Labute approximate surface area is 117 Å². The lowest BCUT2D eigenvalue weighted by Crippen LogP contribution is -2.35. The highest BCUT2D eigenvalue weighted by atomic mass is 16.5. The monoisotopic (exact) mass is 266 g/mol. The van der Waals surface area contributed by atoms with Crippen LogP contribution in [-0.4, -0.2) is 38.1 Å². The van der Waals surface area contributed by atoms with E-state index in [1.54, 1.807) is 6.08 Å². The van der Waals surface area contributed by atoms with E-state index in [1.807, 2.05) is 33.8 Å². The maximum absolute atomic E-state index is 11.7. The Morgan fingerprint density at radius 3 is 2.11 bits per heavy atom. The fourth-order valence-electron chi connectivity index (χ4n) is 1.29. The quantitative estimate of drug-likeness (QED) is 0.330. The zero-order valence-electron chi connectivity index (χ0n) is 13.4. The van der Waals surface area contributed by atoms with E-state index >= 15 is 0 Å². The summed E-state index contributed by atoms with van der Waals surface area (Å²) in [5.41, 5.74) is 0.670. The van der Waals surface area contributed by atoms with Gasteiger partial charge in [-0.2, -0.15) is 0 Å². The van der Waals surface area contributed by atoms with E-state index < -0.39 is 5.41 Å². The number of esters is 1. The lowest BCUT2D eigenvalue weighted by Gasteiger charge is -2.24. The molecule has 0 amide bonds. The highest BCUT2D eigenvalue weighted by Gasteiger charge is 2.23. The number of likely N-dealkylation sites (N-methyl/N-ethyl adjacent to an activating group) is 1. The minimum atomic E-state index is -0.511. The molecule has 0 aromatic carbocycles. The average Bonchev–Trinajstić information content (AvgIpc) is 2.21. The van der Waals surface area contributed by atoms with Crippen molar-refractivity contribution in [1.29, 1.82) is 0 Å². The van der Waals surface area contributed by atoms with Crippen molar-refractivity contribution < 1.29 is 14.0 Å². The van der Waals surface area contributed by atoms with Crippen LogP contribution in [0.25, 0.3) is 0 Å². The summed E-state index contributed by atoms with van der Waals surface area (Å²) in [6.07, 6.45) is 5.75. The van der Waals surface area contributed by atoms with E-state index in [4.69, 9.17) is 4.74 Å². The van der Waals surface area contributed by atoms with Gasteiger partial charge in [0.25, 0.3) is 0 Å². The first-order valence-electron chi connectivity index (χ1n) is 6.50. The van der Waals surface area contributed by atoms with Gasteiger partial charge in [-0.1, -0.05) is 18.7 Å². The molecule has 0 fully saturated rings. The maximum Gasteiger partial charge on any atom is 0.316 e. The molecule has 0 aromatic rings. The molecule has 0 aliphatic carbocycles. The number of quaternary nitrogens is 1. The molecule has 3 heteroatoms. The Kier molecular flexibility index (Phi) is 6.23. The summed E-state index contributed by atoms with van der Waals surface area (Å²) in [4.78, 5) is 11.7. The van der Waals surface area contributed by atoms with Crippen LogP contribution >= 0.6 is 0 Å². The van der Waals surface area contributed by atoms with Gasteiger partial charge in [-0.3, -0.25) is 4.79 Å².